The first kappa shape index (κ1) is 7.02. The Morgan fingerprint density at radius 3 is 2.80 bits per heavy atom. The van der Waals surface area contributed by atoms with E-state index >= 15 is 0 Å². The Labute approximate surface area is 58.3 Å². The molecule has 0 aliphatic heterocycles. The van der Waals surface area contributed by atoms with Crippen LogP contribution in [0, 0.1) is 0 Å². The number of aliphatic hydroxyl groups excluding tert-OH is 1. The zero-order valence-electron chi connectivity index (χ0n) is 5.66. The molecule has 0 saturated heterocycles. The lowest BCUT2D eigenvalue weighted by Crippen LogP contribution is -2.12. The van der Waals surface area contributed by atoms with Gasteiger partial charge in [0.2, 0.25) is 0 Å². The van der Waals surface area contributed by atoms with Crippen LogP contribution >= 0.6 is 0 Å². The molecular formula is C7H9NO2. The highest BCUT2D eigenvalue weighted by atomic mass is 16.3. The molecule has 0 bridgehead atoms. The minimum absolute atomic E-state index is 0.225. The zero-order valence-corrected chi connectivity index (χ0v) is 5.66. The van der Waals surface area contributed by atoms with Gasteiger partial charge in [-0.05, 0) is 19.1 Å². The maximum Gasteiger partial charge on any atom is 0.253 e. The van der Waals surface area contributed by atoms with Gasteiger partial charge in [0.25, 0.3) is 5.56 Å². The van der Waals surface area contributed by atoms with Crippen LogP contribution < -0.4 is 5.56 Å². The summed E-state index contributed by atoms with van der Waals surface area (Å²) in [4.78, 5) is 13.3. The van der Waals surface area contributed by atoms with E-state index in [4.69, 9.17) is 5.11 Å². The van der Waals surface area contributed by atoms with E-state index in [0.717, 1.165) is 0 Å². The molecule has 0 spiro atoms. The predicted octanol–water partition coefficient (Wildman–Crippen LogP) is 0.428. The Morgan fingerprint density at radius 2 is 2.40 bits per heavy atom. The highest BCUT2D eigenvalue weighted by molar-refractivity contribution is 5.10. The summed E-state index contributed by atoms with van der Waals surface area (Å²) in [5, 5.41) is 8.98. The number of nitrogens with one attached hydrogen (secondary N) is 1. The number of pyridine rings is 1. The van der Waals surface area contributed by atoms with E-state index < -0.39 is 6.10 Å². The van der Waals surface area contributed by atoms with E-state index in [1.807, 2.05) is 0 Å². The minimum Gasteiger partial charge on any atom is -0.388 e. The van der Waals surface area contributed by atoms with Gasteiger partial charge in [0, 0.05) is 11.8 Å². The molecule has 10 heavy (non-hydrogen) atoms. The molecule has 0 aliphatic carbocycles. The number of hydrogen-bond acceptors (Lipinski definition) is 2. The molecule has 1 heterocycles. The van der Waals surface area contributed by atoms with Gasteiger partial charge in [0.05, 0.1) is 6.10 Å². The van der Waals surface area contributed by atoms with E-state index in [0.29, 0.717) is 5.56 Å². The van der Waals surface area contributed by atoms with Crippen molar-refractivity contribution in [1.29, 1.82) is 0 Å². The predicted molar refractivity (Wildman–Crippen MR) is 37.7 cm³/mol. The van der Waals surface area contributed by atoms with Crippen LogP contribution in [0.2, 0.25) is 0 Å². The van der Waals surface area contributed by atoms with Gasteiger partial charge in [-0.1, -0.05) is 0 Å². The van der Waals surface area contributed by atoms with Crippen molar-refractivity contribution in [3.05, 3.63) is 34.2 Å². The Bertz CT molecular complexity index is 264. The topological polar surface area (TPSA) is 53.1 Å². The molecule has 1 unspecified atom stereocenters. The van der Waals surface area contributed by atoms with E-state index in [2.05, 4.69) is 4.98 Å². The molecule has 1 rings (SSSR count). The summed E-state index contributed by atoms with van der Waals surface area (Å²) in [7, 11) is 0. The molecule has 0 radical (unpaired) electrons. The maximum absolute atomic E-state index is 10.8. The molecule has 3 nitrogen and oxygen atoms in total. The lowest BCUT2D eigenvalue weighted by atomic mass is 10.2. The molecule has 54 valence electrons. The summed E-state index contributed by atoms with van der Waals surface area (Å²) in [6.45, 7) is 1.56. The summed E-state index contributed by atoms with van der Waals surface area (Å²) in [6.07, 6.45) is 0.846. The monoisotopic (exact) mass is 139 g/mol. The molecule has 1 atom stereocenters. The average molecular weight is 139 g/mol. The average Bonchev–Trinajstić information content (AvgIpc) is 1.88. The van der Waals surface area contributed by atoms with Crippen molar-refractivity contribution in [2.24, 2.45) is 0 Å². The van der Waals surface area contributed by atoms with Gasteiger partial charge in [-0.25, -0.2) is 0 Å². The third-order valence-corrected chi connectivity index (χ3v) is 1.30. The molecule has 0 fully saturated rings. The van der Waals surface area contributed by atoms with Gasteiger partial charge in [0.1, 0.15) is 0 Å². The number of aliphatic hydroxyl groups is 1. The zero-order chi connectivity index (χ0) is 7.56. The number of aromatic nitrogens is 1. The Balaban J connectivity index is 3.16. The highest BCUT2D eigenvalue weighted by Gasteiger charge is 2.02. The first-order chi connectivity index (χ1) is 4.72. The number of H-pyrrole nitrogens is 1. The highest BCUT2D eigenvalue weighted by Crippen LogP contribution is 2.02. The summed E-state index contributed by atoms with van der Waals surface area (Å²) in [5.74, 6) is 0. The van der Waals surface area contributed by atoms with Crippen LogP contribution in [0.25, 0.3) is 0 Å². The van der Waals surface area contributed by atoms with Crippen molar-refractivity contribution >= 4 is 0 Å². The van der Waals surface area contributed by atoms with Crippen molar-refractivity contribution in [3.8, 4) is 0 Å². The van der Waals surface area contributed by atoms with Crippen molar-refractivity contribution in [2.45, 2.75) is 13.0 Å². The van der Waals surface area contributed by atoms with Gasteiger partial charge in [0.15, 0.2) is 0 Å². The first-order valence-electron chi connectivity index (χ1n) is 3.07. The third-order valence-electron chi connectivity index (χ3n) is 1.30. The van der Waals surface area contributed by atoms with Crippen molar-refractivity contribution in [1.82, 2.24) is 4.98 Å². The number of aromatic amines is 1. The van der Waals surface area contributed by atoms with Crippen LogP contribution in [0.15, 0.2) is 23.1 Å². The molecule has 0 amide bonds. The molecular weight excluding hydrogens is 130 g/mol. The van der Waals surface area contributed by atoms with E-state index in [9.17, 15) is 4.79 Å². The Hall–Kier alpha value is -1.09. The van der Waals surface area contributed by atoms with Crippen molar-refractivity contribution in [3.63, 3.8) is 0 Å². The first-order valence-corrected chi connectivity index (χ1v) is 3.07. The van der Waals surface area contributed by atoms with Crippen LogP contribution in [0.3, 0.4) is 0 Å². The molecule has 1 aromatic rings. The van der Waals surface area contributed by atoms with Crippen LogP contribution in [-0.4, -0.2) is 10.1 Å². The van der Waals surface area contributed by atoms with Gasteiger partial charge < -0.3 is 10.1 Å². The fraction of sp³-hybridized carbons (Fsp3) is 0.286. The summed E-state index contributed by atoms with van der Waals surface area (Å²) >= 11 is 0. The van der Waals surface area contributed by atoms with Crippen LogP contribution in [0.1, 0.15) is 18.6 Å². The SMILES string of the molecule is CC(O)c1ccc[nH]c1=O. The molecule has 3 heteroatoms. The Kier molecular flexibility index (Phi) is 1.87. The standard InChI is InChI=1S/C7H9NO2/c1-5(9)6-3-2-4-8-7(6)10/h2-5,9H,1H3,(H,8,10). The largest absolute Gasteiger partial charge is 0.388 e. The second-order valence-electron chi connectivity index (χ2n) is 2.13. The van der Waals surface area contributed by atoms with E-state index in [1.54, 1.807) is 19.1 Å². The smallest absolute Gasteiger partial charge is 0.253 e. The molecule has 0 saturated carbocycles. The lowest BCUT2D eigenvalue weighted by Gasteiger charge is -1.99. The molecule has 1 aromatic heterocycles. The molecule has 0 aliphatic rings. The number of hydrogen-bond donors (Lipinski definition) is 2. The van der Waals surface area contributed by atoms with Crippen LogP contribution in [-0.2, 0) is 0 Å². The van der Waals surface area contributed by atoms with Crippen LogP contribution in [0.5, 0.6) is 0 Å². The normalized spacial score (nSPS) is 13.0. The fourth-order valence-electron chi connectivity index (χ4n) is 0.764. The van der Waals surface area contributed by atoms with Gasteiger partial charge in [-0.3, -0.25) is 4.79 Å². The maximum atomic E-state index is 10.8. The minimum atomic E-state index is -0.690. The van der Waals surface area contributed by atoms with Gasteiger partial charge >= 0.3 is 0 Å². The van der Waals surface area contributed by atoms with E-state index in [-0.39, 0.29) is 5.56 Å². The molecule has 0 aromatic carbocycles. The number of rotatable bonds is 1. The van der Waals surface area contributed by atoms with Crippen LogP contribution in [0.4, 0.5) is 0 Å². The molecule has 2 N–H and O–H groups in total. The van der Waals surface area contributed by atoms with Crippen molar-refractivity contribution in [2.75, 3.05) is 0 Å². The van der Waals surface area contributed by atoms with Gasteiger partial charge in [-0.2, -0.15) is 0 Å². The summed E-state index contributed by atoms with van der Waals surface area (Å²) < 4.78 is 0. The summed E-state index contributed by atoms with van der Waals surface area (Å²) in [6, 6.07) is 3.28. The second-order valence-corrected chi connectivity index (χ2v) is 2.13. The fourth-order valence-corrected chi connectivity index (χ4v) is 0.764. The van der Waals surface area contributed by atoms with E-state index in [1.165, 1.54) is 6.20 Å². The summed E-state index contributed by atoms with van der Waals surface area (Å²) in [5.41, 5.74) is 0.181. The third kappa shape index (κ3) is 1.25. The quantitative estimate of drug-likeness (QED) is 0.592. The Morgan fingerprint density at radius 1 is 1.70 bits per heavy atom. The second kappa shape index (κ2) is 2.66. The van der Waals surface area contributed by atoms with Crippen molar-refractivity contribution < 1.29 is 5.11 Å². The van der Waals surface area contributed by atoms with Gasteiger partial charge in [-0.15, -0.1) is 0 Å². The lowest BCUT2D eigenvalue weighted by molar-refractivity contribution is 0.197.